The third-order valence-corrected chi connectivity index (χ3v) is 3.80. The summed E-state index contributed by atoms with van der Waals surface area (Å²) in [6.45, 7) is 5.23. The minimum Gasteiger partial charge on any atom is -0.480 e. The van der Waals surface area contributed by atoms with Crippen molar-refractivity contribution >= 4 is 23.5 Å². The van der Waals surface area contributed by atoms with Gasteiger partial charge in [-0.3, -0.25) is 4.79 Å². The molecule has 0 aliphatic heterocycles. The lowest BCUT2D eigenvalue weighted by molar-refractivity contribution is -0.140. The first-order valence-corrected chi connectivity index (χ1v) is 7.53. The molecule has 0 aliphatic carbocycles. The zero-order valence-corrected chi connectivity index (χ0v) is 13.8. The molecule has 1 aromatic heterocycles. The summed E-state index contributed by atoms with van der Waals surface area (Å²) in [6.07, 6.45) is 1.43. The van der Waals surface area contributed by atoms with Gasteiger partial charge >= 0.3 is 5.97 Å². The van der Waals surface area contributed by atoms with Crippen molar-refractivity contribution in [1.29, 1.82) is 0 Å². The van der Waals surface area contributed by atoms with Crippen LogP contribution in [0.5, 0.6) is 0 Å². The van der Waals surface area contributed by atoms with E-state index in [0.717, 1.165) is 5.69 Å². The van der Waals surface area contributed by atoms with Crippen molar-refractivity contribution in [3.05, 3.63) is 46.7 Å². The molecule has 0 unspecified atom stereocenters. The summed E-state index contributed by atoms with van der Waals surface area (Å²) in [4.78, 5) is 23.5. The number of nitrogens with one attached hydrogen (secondary N) is 1. The van der Waals surface area contributed by atoms with Crippen molar-refractivity contribution in [3.8, 4) is 5.69 Å². The molecule has 1 heterocycles. The van der Waals surface area contributed by atoms with Gasteiger partial charge in [0, 0.05) is 5.02 Å². The second-order valence-electron chi connectivity index (χ2n) is 5.57. The first-order chi connectivity index (χ1) is 10.8. The second-order valence-corrected chi connectivity index (χ2v) is 6.00. The minimum atomic E-state index is -1.06. The summed E-state index contributed by atoms with van der Waals surface area (Å²) in [7, 11) is 0. The molecule has 6 nitrogen and oxygen atoms in total. The molecule has 2 N–H and O–H groups in total. The smallest absolute Gasteiger partial charge is 0.326 e. The minimum absolute atomic E-state index is 0.219. The topological polar surface area (TPSA) is 84.2 Å². The van der Waals surface area contributed by atoms with Gasteiger partial charge in [-0.05, 0) is 37.1 Å². The van der Waals surface area contributed by atoms with E-state index in [0.29, 0.717) is 16.3 Å². The summed E-state index contributed by atoms with van der Waals surface area (Å²) in [6, 6.07) is 6.10. The number of carboxylic acids is 1. The van der Waals surface area contributed by atoms with Crippen LogP contribution in [-0.2, 0) is 4.79 Å². The molecule has 7 heteroatoms. The van der Waals surface area contributed by atoms with Gasteiger partial charge in [-0.25, -0.2) is 9.48 Å². The van der Waals surface area contributed by atoms with Crippen molar-refractivity contribution in [3.63, 3.8) is 0 Å². The summed E-state index contributed by atoms with van der Waals surface area (Å²) in [5.41, 5.74) is 1.73. The molecular weight excluding hydrogens is 318 g/mol. The Kier molecular flexibility index (Phi) is 5.05. The number of halogens is 1. The van der Waals surface area contributed by atoms with E-state index in [9.17, 15) is 9.59 Å². The van der Waals surface area contributed by atoms with Crippen molar-refractivity contribution in [1.82, 2.24) is 15.1 Å². The first-order valence-electron chi connectivity index (χ1n) is 7.15. The molecule has 2 aromatic rings. The van der Waals surface area contributed by atoms with Crippen LogP contribution < -0.4 is 5.32 Å². The number of carbonyl (C=O) groups is 2. The van der Waals surface area contributed by atoms with Gasteiger partial charge in [0.05, 0.1) is 23.1 Å². The number of carboxylic acid groups (broad SMARTS) is 1. The Labute approximate surface area is 139 Å². The maximum atomic E-state index is 12.3. The van der Waals surface area contributed by atoms with E-state index in [4.69, 9.17) is 16.7 Å². The van der Waals surface area contributed by atoms with Crippen molar-refractivity contribution in [2.24, 2.45) is 5.92 Å². The SMILES string of the molecule is Cc1c(C(=O)N[C@@H](C(=O)O)C(C)C)cnn1-c1ccc(Cl)cc1. The summed E-state index contributed by atoms with van der Waals surface area (Å²) < 4.78 is 1.61. The zero-order valence-electron chi connectivity index (χ0n) is 13.1. The predicted molar refractivity (Wildman–Crippen MR) is 87.0 cm³/mol. The van der Waals surface area contributed by atoms with E-state index < -0.39 is 17.9 Å². The van der Waals surface area contributed by atoms with E-state index in [1.165, 1.54) is 6.20 Å². The molecule has 23 heavy (non-hydrogen) atoms. The van der Waals surface area contributed by atoms with Crippen LogP contribution >= 0.6 is 11.6 Å². The van der Waals surface area contributed by atoms with Crippen LogP contribution in [0.1, 0.15) is 29.9 Å². The number of nitrogens with zero attached hydrogens (tertiary/aromatic N) is 2. The lowest BCUT2D eigenvalue weighted by atomic mass is 10.0. The number of hydrogen-bond acceptors (Lipinski definition) is 3. The number of benzene rings is 1. The van der Waals surface area contributed by atoms with Gasteiger partial charge in [-0.2, -0.15) is 5.10 Å². The van der Waals surface area contributed by atoms with Gasteiger partial charge in [0.15, 0.2) is 0 Å². The molecule has 1 amide bonds. The fraction of sp³-hybridized carbons (Fsp3) is 0.312. The summed E-state index contributed by atoms with van der Waals surface area (Å²) >= 11 is 5.86. The summed E-state index contributed by atoms with van der Waals surface area (Å²) in [5.74, 6) is -1.73. The number of carbonyl (C=O) groups excluding carboxylic acids is 1. The van der Waals surface area contributed by atoms with Gasteiger partial charge in [0.2, 0.25) is 0 Å². The number of aromatic nitrogens is 2. The maximum absolute atomic E-state index is 12.3. The Balaban J connectivity index is 2.26. The van der Waals surface area contributed by atoms with Gasteiger partial charge in [-0.15, -0.1) is 0 Å². The maximum Gasteiger partial charge on any atom is 0.326 e. The highest BCUT2D eigenvalue weighted by Gasteiger charge is 2.25. The lowest BCUT2D eigenvalue weighted by Gasteiger charge is -2.17. The highest BCUT2D eigenvalue weighted by Crippen LogP contribution is 2.17. The normalized spacial score (nSPS) is 12.2. The molecule has 0 fully saturated rings. The van der Waals surface area contributed by atoms with E-state index in [1.807, 2.05) is 0 Å². The first kappa shape index (κ1) is 17.0. The lowest BCUT2D eigenvalue weighted by Crippen LogP contribution is -2.44. The average molecular weight is 336 g/mol. The van der Waals surface area contributed by atoms with Crippen LogP contribution in [0.4, 0.5) is 0 Å². The highest BCUT2D eigenvalue weighted by atomic mass is 35.5. The van der Waals surface area contributed by atoms with Gasteiger partial charge in [0.25, 0.3) is 5.91 Å². The summed E-state index contributed by atoms with van der Waals surface area (Å²) in [5, 5.41) is 16.5. The third-order valence-electron chi connectivity index (χ3n) is 3.54. The molecule has 0 spiro atoms. The van der Waals surface area contributed by atoms with Crippen molar-refractivity contribution < 1.29 is 14.7 Å². The Morgan fingerprint density at radius 2 is 1.87 bits per heavy atom. The molecule has 1 aromatic carbocycles. The van der Waals surface area contributed by atoms with E-state index >= 15 is 0 Å². The van der Waals surface area contributed by atoms with Crippen LogP contribution in [0.3, 0.4) is 0 Å². The van der Waals surface area contributed by atoms with Crippen molar-refractivity contribution in [2.45, 2.75) is 26.8 Å². The number of amides is 1. The Morgan fingerprint density at radius 3 is 2.39 bits per heavy atom. The Hall–Kier alpha value is -2.34. The quantitative estimate of drug-likeness (QED) is 0.879. The van der Waals surface area contributed by atoms with E-state index in [1.54, 1.807) is 49.7 Å². The van der Waals surface area contributed by atoms with Crippen LogP contribution in [0, 0.1) is 12.8 Å². The second kappa shape index (κ2) is 6.83. The Morgan fingerprint density at radius 1 is 1.26 bits per heavy atom. The molecule has 2 rings (SSSR count). The molecule has 0 aliphatic rings. The molecule has 0 saturated heterocycles. The fourth-order valence-corrected chi connectivity index (χ4v) is 2.33. The Bertz CT molecular complexity index is 723. The van der Waals surface area contributed by atoms with Crippen LogP contribution in [0.2, 0.25) is 5.02 Å². The van der Waals surface area contributed by atoms with Gasteiger partial charge in [0.1, 0.15) is 6.04 Å². The molecule has 0 radical (unpaired) electrons. The van der Waals surface area contributed by atoms with Crippen LogP contribution in [0.15, 0.2) is 30.5 Å². The van der Waals surface area contributed by atoms with Crippen molar-refractivity contribution in [2.75, 3.05) is 0 Å². The molecule has 0 saturated carbocycles. The van der Waals surface area contributed by atoms with E-state index in [-0.39, 0.29) is 5.92 Å². The predicted octanol–water partition coefficient (Wildman–Crippen LogP) is 2.67. The standard InChI is InChI=1S/C16H18ClN3O3/c1-9(2)14(16(22)23)19-15(21)13-8-18-20(10(13)3)12-6-4-11(17)5-7-12/h4-9,14H,1-3H3,(H,19,21)(H,22,23)/t14-/m1/s1. The molecular formula is C16H18ClN3O3. The number of aliphatic carboxylic acids is 1. The monoisotopic (exact) mass is 335 g/mol. The highest BCUT2D eigenvalue weighted by molar-refractivity contribution is 6.30. The van der Waals surface area contributed by atoms with E-state index in [2.05, 4.69) is 10.4 Å². The average Bonchev–Trinajstić information content (AvgIpc) is 2.86. The van der Waals surface area contributed by atoms with Gasteiger partial charge in [-0.1, -0.05) is 25.4 Å². The third kappa shape index (κ3) is 3.71. The van der Waals surface area contributed by atoms with Crippen LogP contribution in [0.25, 0.3) is 5.69 Å². The molecule has 122 valence electrons. The van der Waals surface area contributed by atoms with Crippen LogP contribution in [-0.4, -0.2) is 32.8 Å². The zero-order chi connectivity index (χ0) is 17.1. The molecule has 1 atom stereocenters. The molecule has 0 bridgehead atoms. The fourth-order valence-electron chi connectivity index (χ4n) is 2.21. The number of rotatable bonds is 5. The number of hydrogen-bond donors (Lipinski definition) is 2. The van der Waals surface area contributed by atoms with Gasteiger partial charge < -0.3 is 10.4 Å². The largest absolute Gasteiger partial charge is 0.480 e.